The summed E-state index contributed by atoms with van der Waals surface area (Å²) in [6, 6.07) is 10.4. The number of carbonyl (C=O) groups is 1. The molecule has 2 fully saturated rings. The van der Waals surface area contributed by atoms with Crippen molar-refractivity contribution in [3.05, 3.63) is 35.9 Å². The van der Waals surface area contributed by atoms with Crippen LogP contribution < -0.4 is 10.6 Å². The predicted octanol–water partition coefficient (Wildman–Crippen LogP) is 2.62. The Kier molecular flexibility index (Phi) is 7.29. The standard InChI is InChI=1S/C20H30N2O4/c23-19(22-18-7-10-20(11-8-18)25-15-16-26-20)21-12-4-13-24-14-9-17-5-2-1-3-6-17/h1-3,5-6,18H,4,7-16H2,(H2,21,22,23). The van der Waals surface area contributed by atoms with Crippen LogP contribution in [0.2, 0.25) is 0 Å². The van der Waals surface area contributed by atoms with Gasteiger partial charge in [-0.1, -0.05) is 30.3 Å². The van der Waals surface area contributed by atoms with Crippen molar-refractivity contribution >= 4 is 6.03 Å². The lowest BCUT2D eigenvalue weighted by Crippen LogP contribution is -2.47. The summed E-state index contributed by atoms with van der Waals surface area (Å²) in [6.45, 7) is 3.37. The molecule has 2 aliphatic rings. The zero-order chi connectivity index (χ0) is 18.1. The number of urea groups is 1. The first-order valence-electron chi connectivity index (χ1n) is 9.70. The van der Waals surface area contributed by atoms with E-state index in [1.165, 1.54) is 5.56 Å². The Morgan fingerprint density at radius 3 is 2.58 bits per heavy atom. The van der Waals surface area contributed by atoms with Gasteiger partial charge in [0.15, 0.2) is 5.79 Å². The maximum Gasteiger partial charge on any atom is 0.315 e. The quantitative estimate of drug-likeness (QED) is 0.698. The van der Waals surface area contributed by atoms with E-state index in [1.54, 1.807) is 0 Å². The Balaban J connectivity index is 1.18. The smallest absolute Gasteiger partial charge is 0.315 e. The average molecular weight is 362 g/mol. The lowest BCUT2D eigenvalue weighted by atomic mass is 9.90. The van der Waals surface area contributed by atoms with E-state index in [1.807, 2.05) is 18.2 Å². The second-order valence-corrected chi connectivity index (χ2v) is 6.98. The van der Waals surface area contributed by atoms with Crippen LogP contribution in [0.4, 0.5) is 4.79 Å². The van der Waals surface area contributed by atoms with Crippen molar-refractivity contribution in [3.8, 4) is 0 Å². The maximum absolute atomic E-state index is 12.0. The Morgan fingerprint density at radius 1 is 1.12 bits per heavy atom. The van der Waals surface area contributed by atoms with E-state index < -0.39 is 0 Å². The zero-order valence-electron chi connectivity index (χ0n) is 15.4. The van der Waals surface area contributed by atoms with Gasteiger partial charge in [-0.05, 0) is 31.2 Å². The number of nitrogens with one attached hydrogen (secondary N) is 2. The van der Waals surface area contributed by atoms with Crippen molar-refractivity contribution < 1.29 is 19.0 Å². The van der Waals surface area contributed by atoms with Crippen LogP contribution in [0, 0.1) is 0 Å². The minimum atomic E-state index is -0.369. The van der Waals surface area contributed by atoms with Gasteiger partial charge in [-0.15, -0.1) is 0 Å². The van der Waals surface area contributed by atoms with E-state index in [0.29, 0.717) is 33.0 Å². The fraction of sp³-hybridized carbons (Fsp3) is 0.650. The largest absolute Gasteiger partial charge is 0.381 e. The summed E-state index contributed by atoms with van der Waals surface area (Å²) < 4.78 is 17.0. The molecule has 1 aliphatic heterocycles. The number of amides is 2. The average Bonchev–Trinajstić information content (AvgIpc) is 3.12. The Hall–Kier alpha value is -1.63. The lowest BCUT2D eigenvalue weighted by Gasteiger charge is -2.35. The molecule has 0 atom stereocenters. The van der Waals surface area contributed by atoms with E-state index in [2.05, 4.69) is 22.8 Å². The highest BCUT2D eigenvalue weighted by atomic mass is 16.7. The second kappa shape index (κ2) is 9.90. The fourth-order valence-electron chi connectivity index (χ4n) is 3.54. The van der Waals surface area contributed by atoms with Crippen LogP contribution in [0.5, 0.6) is 0 Å². The molecule has 1 aromatic carbocycles. The molecule has 6 heteroatoms. The molecule has 0 radical (unpaired) electrons. The summed E-state index contributed by atoms with van der Waals surface area (Å²) >= 11 is 0. The summed E-state index contributed by atoms with van der Waals surface area (Å²) in [7, 11) is 0. The molecule has 3 rings (SSSR count). The van der Waals surface area contributed by atoms with E-state index in [9.17, 15) is 4.79 Å². The molecule has 0 unspecified atom stereocenters. The molecule has 0 bridgehead atoms. The molecule has 2 amide bonds. The third-order valence-electron chi connectivity index (χ3n) is 5.03. The van der Waals surface area contributed by atoms with Crippen LogP contribution in [0.15, 0.2) is 30.3 Å². The molecule has 1 saturated heterocycles. The SMILES string of the molecule is O=C(NCCCOCCc1ccccc1)NC1CCC2(CC1)OCCO2. The van der Waals surface area contributed by atoms with Crippen LogP contribution in [0.1, 0.15) is 37.7 Å². The van der Waals surface area contributed by atoms with Crippen LogP contribution in [0.25, 0.3) is 0 Å². The summed E-state index contributed by atoms with van der Waals surface area (Å²) in [5.41, 5.74) is 1.28. The number of ether oxygens (including phenoxy) is 3. The van der Waals surface area contributed by atoms with Crippen LogP contribution in [-0.2, 0) is 20.6 Å². The highest BCUT2D eigenvalue weighted by Gasteiger charge is 2.40. The van der Waals surface area contributed by atoms with Gasteiger partial charge in [0.1, 0.15) is 0 Å². The number of rotatable bonds is 8. The number of benzene rings is 1. The third-order valence-corrected chi connectivity index (χ3v) is 5.03. The normalized spacial score (nSPS) is 19.5. The van der Waals surface area contributed by atoms with Crippen molar-refractivity contribution in [2.45, 2.75) is 50.4 Å². The van der Waals surface area contributed by atoms with Gasteiger partial charge >= 0.3 is 6.03 Å². The molecule has 26 heavy (non-hydrogen) atoms. The van der Waals surface area contributed by atoms with E-state index in [4.69, 9.17) is 14.2 Å². The summed E-state index contributed by atoms with van der Waals surface area (Å²) in [5, 5.41) is 5.95. The molecule has 1 spiro atoms. The minimum Gasteiger partial charge on any atom is -0.381 e. The molecule has 2 N–H and O–H groups in total. The van der Waals surface area contributed by atoms with Crippen LogP contribution in [0.3, 0.4) is 0 Å². The molecular formula is C20H30N2O4. The highest BCUT2D eigenvalue weighted by Crippen LogP contribution is 2.35. The van der Waals surface area contributed by atoms with Crippen molar-refractivity contribution in [2.24, 2.45) is 0 Å². The van der Waals surface area contributed by atoms with Crippen molar-refractivity contribution in [2.75, 3.05) is 33.0 Å². The molecule has 1 heterocycles. The van der Waals surface area contributed by atoms with Crippen molar-refractivity contribution in [1.82, 2.24) is 10.6 Å². The topological polar surface area (TPSA) is 68.8 Å². The van der Waals surface area contributed by atoms with E-state index >= 15 is 0 Å². The number of hydrogen-bond acceptors (Lipinski definition) is 4. The Morgan fingerprint density at radius 2 is 1.85 bits per heavy atom. The van der Waals surface area contributed by atoms with Crippen LogP contribution in [-0.4, -0.2) is 50.8 Å². The molecule has 0 aromatic heterocycles. The molecule has 1 aromatic rings. The third kappa shape index (κ3) is 5.97. The summed E-state index contributed by atoms with van der Waals surface area (Å²) in [5.74, 6) is -0.369. The summed E-state index contributed by atoms with van der Waals surface area (Å²) in [6.07, 6.45) is 5.25. The molecule has 6 nitrogen and oxygen atoms in total. The summed E-state index contributed by atoms with van der Waals surface area (Å²) in [4.78, 5) is 12.0. The monoisotopic (exact) mass is 362 g/mol. The van der Waals surface area contributed by atoms with Gasteiger partial charge in [-0.2, -0.15) is 0 Å². The highest BCUT2D eigenvalue weighted by molar-refractivity contribution is 5.74. The first kappa shape index (κ1) is 19.1. The molecule has 144 valence electrons. The van der Waals surface area contributed by atoms with Crippen molar-refractivity contribution in [1.29, 1.82) is 0 Å². The molecule has 1 aliphatic carbocycles. The maximum atomic E-state index is 12.0. The van der Waals surface area contributed by atoms with Crippen molar-refractivity contribution in [3.63, 3.8) is 0 Å². The van der Waals surface area contributed by atoms with Gasteiger partial charge in [-0.25, -0.2) is 4.79 Å². The lowest BCUT2D eigenvalue weighted by molar-refractivity contribution is -0.179. The number of hydrogen-bond donors (Lipinski definition) is 2. The molecular weight excluding hydrogens is 332 g/mol. The minimum absolute atomic E-state index is 0.0940. The fourth-order valence-corrected chi connectivity index (χ4v) is 3.54. The number of carbonyl (C=O) groups excluding carboxylic acids is 1. The van der Waals surface area contributed by atoms with E-state index in [0.717, 1.165) is 38.5 Å². The Labute approximate surface area is 155 Å². The second-order valence-electron chi connectivity index (χ2n) is 6.98. The van der Waals surface area contributed by atoms with Gasteiger partial charge in [0.2, 0.25) is 0 Å². The molecule has 1 saturated carbocycles. The van der Waals surface area contributed by atoms with Gasteiger partial charge in [0.05, 0.1) is 19.8 Å². The van der Waals surface area contributed by atoms with Gasteiger partial charge in [0, 0.05) is 32.0 Å². The first-order valence-corrected chi connectivity index (χ1v) is 9.70. The predicted molar refractivity (Wildman–Crippen MR) is 99.0 cm³/mol. The van der Waals surface area contributed by atoms with Gasteiger partial charge in [0.25, 0.3) is 0 Å². The van der Waals surface area contributed by atoms with E-state index in [-0.39, 0.29) is 17.9 Å². The Bertz CT molecular complexity index is 536. The van der Waals surface area contributed by atoms with Crippen LogP contribution >= 0.6 is 0 Å². The van der Waals surface area contributed by atoms with Gasteiger partial charge < -0.3 is 24.8 Å². The first-order chi connectivity index (χ1) is 12.8. The zero-order valence-corrected chi connectivity index (χ0v) is 15.4. The van der Waals surface area contributed by atoms with Gasteiger partial charge in [-0.3, -0.25) is 0 Å².